The number of carbonyl (C=O) groups excluding carboxylic acids is 3. The van der Waals surface area contributed by atoms with Crippen molar-refractivity contribution in [2.45, 2.75) is 13.8 Å². The number of nitrogens with zero attached hydrogens (tertiary/aromatic N) is 1. The molecular weight excluding hydrogens is 453 g/mol. The SMILES string of the molecule is CCOC(=O)c1c(C(=O)OCC)c2cc(Cl)ccn2c1C(=O)c1ccc(Cl)c(Cl)c1. The van der Waals surface area contributed by atoms with Gasteiger partial charge in [-0.15, -0.1) is 0 Å². The zero-order valence-corrected chi connectivity index (χ0v) is 18.3. The minimum Gasteiger partial charge on any atom is -0.462 e. The lowest BCUT2D eigenvalue weighted by Crippen LogP contribution is -2.16. The number of ether oxygens (including phenoxy) is 2. The molecule has 0 saturated carbocycles. The summed E-state index contributed by atoms with van der Waals surface area (Å²) in [5.74, 6) is -2.15. The highest BCUT2D eigenvalue weighted by molar-refractivity contribution is 6.42. The number of esters is 2. The molecule has 0 amide bonds. The van der Waals surface area contributed by atoms with E-state index in [9.17, 15) is 14.4 Å². The molecule has 1 aromatic carbocycles. The molecule has 0 fully saturated rings. The maximum absolute atomic E-state index is 13.4. The van der Waals surface area contributed by atoms with E-state index >= 15 is 0 Å². The molecule has 2 aromatic heterocycles. The van der Waals surface area contributed by atoms with Gasteiger partial charge in [0.2, 0.25) is 5.78 Å². The minimum absolute atomic E-state index is 0.0500. The number of halogens is 3. The topological polar surface area (TPSA) is 74.1 Å². The third kappa shape index (κ3) is 4.03. The first-order valence-corrected chi connectivity index (χ1v) is 10.1. The van der Waals surface area contributed by atoms with E-state index < -0.39 is 17.7 Å². The van der Waals surface area contributed by atoms with Crippen molar-refractivity contribution in [2.24, 2.45) is 0 Å². The van der Waals surface area contributed by atoms with Crippen LogP contribution in [-0.2, 0) is 9.47 Å². The second-order valence-corrected chi connectivity index (χ2v) is 7.35. The summed E-state index contributed by atoms with van der Waals surface area (Å²) < 4.78 is 11.7. The lowest BCUT2D eigenvalue weighted by molar-refractivity contribution is 0.0480. The van der Waals surface area contributed by atoms with Crippen LogP contribution in [0.3, 0.4) is 0 Å². The summed E-state index contributed by atoms with van der Waals surface area (Å²) in [6.07, 6.45) is 1.49. The standard InChI is InChI=1S/C21H16Cl3NO5/c1-3-29-20(27)16-15-10-12(22)7-8-25(15)18(17(16)21(28)30-4-2)19(26)11-5-6-13(23)14(24)9-11/h5-10H,3-4H2,1-2H3. The van der Waals surface area contributed by atoms with Crippen LogP contribution in [0.25, 0.3) is 5.52 Å². The summed E-state index contributed by atoms with van der Waals surface area (Å²) in [7, 11) is 0. The molecule has 0 spiro atoms. The first-order chi connectivity index (χ1) is 14.3. The van der Waals surface area contributed by atoms with Gasteiger partial charge in [0.25, 0.3) is 0 Å². The number of carbonyl (C=O) groups is 3. The summed E-state index contributed by atoms with van der Waals surface area (Å²) >= 11 is 18.1. The van der Waals surface area contributed by atoms with Crippen LogP contribution in [0.1, 0.15) is 50.6 Å². The molecule has 0 aliphatic rings. The van der Waals surface area contributed by atoms with Gasteiger partial charge in [-0.05, 0) is 44.2 Å². The monoisotopic (exact) mass is 467 g/mol. The fourth-order valence-electron chi connectivity index (χ4n) is 3.04. The highest BCUT2D eigenvalue weighted by Gasteiger charge is 2.33. The Balaban J connectivity index is 2.37. The normalized spacial score (nSPS) is 10.8. The molecule has 2 heterocycles. The van der Waals surface area contributed by atoms with Gasteiger partial charge in [0.15, 0.2) is 0 Å². The zero-order valence-electron chi connectivity index (χ0n) is 16.0. The van der Waals surface area contributed by atoms with E-state index in [2.05, 4.69) is 0 Å². The second kappa shape index (κ2) is 9.08. The highest BCUT2D eigenvalue weighted by Crippen LogP contribution is 2.31. The summed E-state index contributed by atoms with van der Waals surface area (Å²) in [6.45, 7) is 3.38. The molecule has 0 saturated heterocycles. The Kier molecular flexibility index (Phi) is 6.71. The predicted molar refractivity (Wildman–Crippen MR) is 114 cm³/mol. The van der Waals surface area contributed by atoms with Crippen LogP contribution in [0.5, 0.6) is 0 Å². The molecule has 3 aromatic rings. The minimum atomic E-state index is -0.830. The molecule has 0 unspecified atom stereocenters. The van der Waals surface area contributed by atoms with Gasteiger partial charge in [0.05, 0.1) is 28.8 Å². The first-order valence-electron chi connectivity index (χ1n) is 8.97. The summed E-state index contributed by atoms with van der Waals surface area (Å²) in [6, 6.07) is 7.34. The maximum atomic E-state index is 13.4. The largest absolute Gasteiger partial charge is 0.462 e. The van der Waals surface area contributed by atoms with Crippen LogP contribution in [-0.4, -0.2) is 35.3 Å². The summed E-state index contributed by atoms with van der Waals surface area (Å²) in [4.78, 5) is 39.0. The highest BCUT2D eigenvalue weighted by atomic mass is 35.5. The average molecular weight is 469 g/mol. The van der Waals surface area contributed by atoms with Crippen molar-refractivity contribution >= 4 is 58.0 Å². The van der Waals surface area contributed by atoms with Gasteiger partial charge in [-0.25, -0.2) is 9.59 Å². The Labute approximate surface area is 187 Å². The van der Waals surface area contributed by atoms with Crippen LogP contribution < -0.4 is 0 Å². The van der Waals surface area contributed by atoms with Gasteiger partial charge >= 0.3 is 11.9 Å². The molecule has 6 nitrogen and oxygen atoms in total. The lowest BCUT2D eigenvalue weighted by atomic mass is 10.0. The quantitative estimate of drug-likeness (QED) is 0.353. The van der Waals surface area contributed by atoms with E-state index in [4.69, 9.17) is 44.3 Å². The summed E-state index contributed by atoms with van der Waals surface area (Å²) in [5, 5.41) is 0.766. The first kappa shape index (κ1) is 22.2. The average Bonchev–Trinajstić information content (AvgIpc) is 3.04. The molecule has 30 heavy (non-hydrogen) atoms. The van der Waals surface area contributed by atoms with E-state index in [0.717, 1.165) is 0 Å². The van der Waals surface area contributed by atoms with Crippen LogP contribution in [0.4, 0.5) is 0 Å². The number of pyridine rings is 1. The lowest BCUT2D eigenvalue weighted by Gasteiger charge is -2.08. The van der Waals surface area contributed by atoms with Gasteiger partial charge in [-0.1, -0.05) is 34.8 Å². The Morgan fingerprint density at radius 3 is 2.10 bits per heavy atom. The summed E-state index contributed by atoms with van der Waals surface area (Å²) in [5.41, 5.74) is 0.0588. The molecule has 0 aliphatic heterocycles. The van der Waals surface area contributed by atoms with Crippen LogP contribution in [0, 0.1) is 0 Å². The van der Waals surface area contributed by atoms with Gasteiger partial charge < -0.3 is 13.9 Å². The van der Waals surface area contributed by atoms with Crippen molar-refractivity contribution < 1.29 is 23.9 Å². The van der Waals surface area contributed by atoms with Gasteiger partial charge in [0.1, 0.15) is 16.8 Å². The van der Waals surface area contributed by atoms with E-state index in [0.29, 0.717) is 5.02 Å². The zero-order chi connectivity index (χ0) is 22.0. The Morgan fingerprint density at radius 1 is 0.867 bits per heavy atom. The fourth-order valence-corrected chi connectivity index (χ4v) is 3.50. The van der Waals surface area contributed by atoms with Gasteiger partial charge in [-0.3, -0.25) is 4.79 Å². The maximum Gasteiger partial charge on any atom is 0.341 e. The van der Waals surface area contributed by atoms with E-state index in [1.165, 1.54) is 40.9 Å². The van der Waals surface area contributed by atoms with Crippen molar-refractivity contribution in [3.8, 4) is 0 Å². The van der Waals surface area contributed by atoms with E-state index in [-0.39, 0.29) is 51.2 Å². The fraction of sp³-hybridized carbons (Fsp3) is 0.190. The molecular formula is C21H16Cl3NO5. The molecule has 0 N–H and O–H groups in total. The van der Waals surface area contributed by atoms with Crippen molar-refractivity contribution in [3.05, 3.63) is 74.0 Å². The van der Waals surface area contributed by atoms with Crippen LogP contribution in [0.2, 0.25) is 15.1 Å². The van der Waals surface area contributed by atoms with Gasteiger partial charge in [0, 0.05) is 16.8 Å². The molecule has 0 radical (unpaired) electrons. The molecule has 156 valence electrons. The van der Waals surface area contributed by atoms with Gasteiger partial charge in [-0.2, -0.15) is 0 Å². The Hall–Kier alpha value is -2.54. The number of hydrogen-bond acceptors (Lipinski definition) is 5. The molecule has 3 rings (SSSR count). The smallest absolute Gasteiger partial charge is 0.341 e. The van der Waals surface area contributed by atoms with Crippen molar-refractivity contribution in [3.63, 3.8) is 0 Å². The van der Waals surface area contributed by atoms with Crippen molar-refractivity contribution in [2.75, 3.05) is 13.2 Å². The number of ketones is 1. The third-order valence-corrected chi connectivity index (χ3v) is 5.23. The second-order valence-electron chi connectivity index (χ2n) is 6.10. The molecule has 0 aliphatic carbocycles. The number of rotatable bonds is 6. The number of benzene rings is 1. The van der Waals surface area contributed by atoms with Crippen molar-refractivity contribution in [1.29, 1.82) is 0 Å². The Bertz CT molecular complexity index is 1170. The number of fused-ring (bicyclic) bond motifs is 1. The number of aromatic nitrogens is 1. The predicted octanol–water partition coefficient (Wildman–Crippen LogP) is 5.48. The molecule has 9 heteroatoms. The molecule has 0 atom stereocenters. The van der Waals surface area contributed by atoms with Crippen LogP contribution in [0.15, 0.2) is 36.5 Å². The van der Waals surface area contributed by atoms with Crippen LogP contribution >= 0.6 is 34.8 Å². The van der Waals surface area contributed by atoms with E-state index in [1.807, 2.05) is 0 Å². The Morgan fingerprint density at radius 2 is 1.50 bits per heavy atom. The van der Waals surface area contributed by atoms with Crippen molar-refractivity contribution in [1.82, 2.24) is 4.40 Å². The molecule has 0 bridgehead atoms. The number of hydrogen-bond donors (Lipinski definition) is 0. The third-order valence-electron chi connectivity index (χ3n) is 4.26. The van der Waals surface area contributed by atoms with E-state index in [1.54, 1.807) is 13.8 Å².